The second-order valence-corrected chi connectivity index (χ2v) is 4.35. The molecule has 19 heavy (non-hydrogen) atoms. The molecule has 0 aliphatic rings. The molecule has 2 heterocycles. The topological polar surface area (TPSA) is 50.9 Å². The number of pyridine rings is 1. The SMILES string of the molecule is Cc1ccc(-n2ncc(-c3ccccc3)c2O)nc1. The van der Waals surface area contributed by atoms with Gasteiger partial charge in [-0.3, -0.25) is 0 Å². The Labute approximate surface area is 111 Å². The highest BCUT2D eigenvalue weighted by Gasteiger charge is 2.12. The summed E-state index contributed by atoms with van der Waals surface area (Å²) in [7, 11) is 0. The lowest BCUT2D eigenvalue weighted by Crippen LogP contribution is -1.98. The molecule has 94 valence electrons. The highest BCUT2D eigenvalue weighted by Crippen LogP contribution is 2.29. The van der Waals surface area contributed by atoms with E-state index in [2.05, 4.69) is 10.1 Å². The van der Waals surface area contributed by atoms with E-state index in [9.17, 15) is 5.11 Å². The summed E-state index contributed by atoms with van der Waals surface area (Å²) < 4.78 is 1.43. The van der Waals surface area contributed by atoms with Crippen LogP contribution in [0.5, 0.6) is 5.88 Å². The van der Waals surface area contributed by atoms with Crippen molar-refractivity contribution in [3.8, 4) is 22.8 Å². The minimum absolute atomic E-state index is 0.0996. The van der Waals surface area contributed by atoms with Crippen LogP contribution in [0.3, 0.4) is 0 Å². The quantitative estimate of drug-likeness (QED) is 0.761. The minimum atomic E-state index is 0.0996. The van der Waals surface area contributed by atoms with Crippen molar-refractivity contribution in [1.29, 1.82) is 0 Å². The molecule has 0 saturated carbocycles. The molecule has 3 rings (SSSR count). The fraction of sp³-hybridized carbons (Fsp3) is 0.0667. The lowest BCUT2D eigenvalue weighted by Gasteiger charge is -2.03. The van der Waals surface area contributed by atoms with E-state index in [1.807, 2.05) is 49.4 Å². The summed E-state index contributed by atoms with van der Waals surface area (Å²) in [6, 6.07) is 13.4. The van der Waals surface area contributed by atoms with Gasteiger partial charge < -0.3 is 5.11 Å². The Morgan fingerprint density at radius 2 is 1.79 bits per heavy atom. The Balaban J connectivity index is 2.06. The molecule has 0 aliphatic heterocycles. The number of hydrogen-bond acceptors (Lipinski definition) is 3. The fourth-order valence-corrected chi connectivity index (χ4v) is 1.92. The number of rotatable bonds is 2. The third-order valence-corrected chi connectivity index (χ3v) is 2.94. The first-order chi connectivity index (χ1) is 9.25. The zero-order valence-electron chi connectivity index (χ0n) is 10.5. The van der Waals surface area contributed by atoms with Gasteiger partial charge in [-0.05, 0) is 24.1 Å². The van der Waals surface area contributed by atoms with Gasteiger partial charge in [-0.15, -0.1) is 0 Å². The molecule has 2 aromatic heterocycles. The van der Waals surface area contributed by atoms with E-state index >= 15 is 0 Å². The molecule has 0 saturated heterocycles. The monoisotopic (exact) mass is 251 g/mol. The van der Waals surface area contributed by atoms with Crippen LogP contribution in [0.4, 0.5) is 0 Å². The lowest BCUT2D eigenvalue weighted by atomic mass is 10.1. The summed E-state index contributed by atoms with van der Waals surface area (Å²) in [5.74, 6) is 0.702. The van der Waals surface area contributed by atoms with Crippen LogP contribution in [0.25, 0.3) is 16.9 Å². The molecule has 0 unspecified atom stereocenters. The predicted molar refractivity (Wildman–Crippen MR) is 73.2 cm³/mol. The summed E-state index contributed by atoms with van der Waals surface area (Å²) >= 11 is 0. The van der Waals surface area contributed by atoms with E-state index in [0.717, 1.165) is 11.1 Å². The van der Waals surface area contributed by atoms with Gasteiger partial charge in [0, 0.05) is 6.20 Å². The molecule has 0 atom stereocenters. The predicted octanol–water partition coefficient (Wildman–Crippen LogP) is 2.95. The van der Waals surface area contributed by atoms with Crippen LogP contribution < -0.4 is 0 Å². The molecule has 0 amide bonds. The van der Waals surface area contributed by atoms with Gasteiger partial charge in [-0.2, -0.15) is 9.78 Å². The Bertz CT molecular complexity index is 687. The minimum Gasteiger partial charge on any atom is -0.493 e. The summed E-state index contributed by atoms with van der Waals surface area (Å²) in [6.45, 7) is 1.97. The van der Waals surface area contributed by atoms with E-state index in [1.165, 1.54) is 4.68 Å². The van der Waals surface area contributed by atoms with Crippen LogP contribution in [-0.4, -0.2) is 19.9 Å². The van der Waals surface area contributed by atoms with Gasteiger partial charge in [0.1, 0.15) is 0 Å². The van der Waals surface area contributed by atoms with Crippen LogP contribution in [0.1, 0.15) is 5.56 Å². The summed E-state index contributed by atoms with van der Waals surface area (Å²) in [5.41, 5.74) is 2.69. The Morgan fingerprint density at radius 1 is 1.00 bits per heavy atom. The standard InChI is InChI=1S/C15H13N3O/c1-11-7-8-14(16-9-11)18-15(19)13(10-17-18)12-5-3-2-4-6-12/h2-10,19H,1H3. The highest BCUT2D eigenvalue weighted by atomic mass is 16.3. The highest BCUT2D eigenvalue weighted by molar-refractivity contribution is 5.68. The number of hydrogen-bond donors (Lipinski definition) is 1. The van der Waals surface area contributed by atoms with Crippen LogP contribution in [0.2, 0.25) is 0 Å². The van der Waals surface area contributed by atoms with Crippen LogP contribution in [-0.2, 0) is 0 Å². The first-order valence-electron chi connectivity index (χ1n) is 6.01. The van der Waals surface area contributed by atoms with Crippen molar-refractivity contribution in [3.63, 3.8) is 0 Å². The molecule has 0 aliphatic carbocycles. The van der Waals surface area contributed by atoms with Crippen molar-refractivity contribution in [3.05, 3.63) is 60.4 Å². The molecule has 0 fully saturated rings. The average Bonchev–Trinajstić information content (AvgIpc) is 2.83. The third-order valence-electron chi connectivity index (χ3n) is 2.94. The summed E-state index contributed by atoms with van der Waals surface area (Å²) in [5, 5.41) is 14.5. The fourth-order valence-electron chi connectivity index (χ4n) is 1.92. The van der Waals surface area contributed by atoms with E-state index in [4.69, 9.17) is 0 Å². The first kappa shape index (κ1) is 11.5. The molecule has 0 bridgehead atoms. The molecule has 0 spiro atoms. The number of aromatic hydroxyl groups is 1. The number of aryl methyl sites for hydroxylation is 1. The lowest BCUT2D eigenvalue weighted by molar-refractivity contribution is 0.433. The Morgan fingerprint density at radius 3 is 2.47 bits per heavy atom. The van der Waals surface area contributed by atoms with Crippen LogP contribution in [0.15, 0.2) is 54.9 Å². The number of nitrogens with zero attached hydrogens (tertiary/aromatic N) is 3. The molecular formula is C15H13N3O. The molecule has 0 radical (unpaired) electrons. The molecular weight excluding hydrogens is 238 g/mol. The normalized spacial score (nSPS) is 10.6. The Kier molecular flexibility index (Phi) is 2.76. The molecule has 1 N–H and O–H groups in total. The van der Waals surface area contributed by atoms with Gasteiger partial charge in [0.2, 0.25) is 5.88 Å². The van der Waals surface area contributed by atoms with Gasteiger partial charge in [0.15, 0.2) is 5.82 Å². The van der Waals surface area contributed by atoms with Crippen LogP contribution >= 0.6 is 0 Å². The molecule has 1 aromatic carbocycles. The van der Waals surface area contributed by atoms with Gasteiger partial charge in [0.05, 0.1) is 11.8 Å². The van der Waals surface area contributed by atoms with Gasteiger partial charge in [-0.25, -0.2) is 4.98 Å². The van der Waals surface area contributed by atoms with E-state index < -0.39 is 0 Å². The third kappa shape index (κ3) is 2.08. The largest absolute Gasteiger partial charge is 0.493 e. The van der Waals surface area contributed by atoms with E-state index in [0.29, 0.717) is 11.4 Å². The first-order valence-corrected chi connectivity index (χ1v) is 6.01. The van der Waals surface area contributed by atoms with E-state index in [-0.39, 0.29) is 5.88 Å². The maximum absolute atomic E-state index is 10.3. The van der Waals surface area contributed by atoms with Gasteiger partial charge >= 0.3 is 0 Å². The Hall–Kier alpha value is -2.62. The van der Waals surface area contributed by atoms with Crippen molar-refractivity contribution >= 4 is 0 Å². The van der Waals surface area contributed by atoms with Gasteiger partial charge in [0.25, 0.3) is 0 Å². The second kappa shape index (κ2) is 4.57. The molecule has 4 heteroatoms. The van der Waals surface area contributed by atoms with E-state index in [1.54, 1.807) is 12.4 Å². The van der Waals surface area contributed by atoms with Gasteiger partial charge in [-0.1, -0.05) is 36.4 Å². The number of benzene rings is 1. The summed E-state index contributed by atoms with van der Waals surface area (Å²) in [4.78, 5) is 4.26. The number of aromatic nitrogens is 3. The van der Waals surface area contributed by atoms with Crippen molar-refractivity contribution in [1.82, 2.24) is 14.8 Å². The zero-order valence-corrected chi connectivity index (χ0v) is 10.5. The molecule has 3 aromatic rings. The van der Waals surface area contributed by atoms with Crippen molar-refractivity contribution in [2.75, 3.05) is 0 Å². The van der Waals surface area contributed by atoms with Crippen LogP contribution in [0, 0.1) is 6.92 Å². The zero-order chi connectivity index (χ0) is 13.2. The maximum Gasteiger partial charge on any atom is 0.223 e. The van der Waals surface area contributed by atoms with Crippen molar-refractivity contribution in [2.24, 2.45) is 0 Å². The summed E-state index contributed by atoms with van der Waals surface area (Å²) in [6.07, 6.45) is 3.39. The smallest absolute Gasteiger partial charge is 0.223 e. The molecule has 4 nitrogen and oxygen atoms in total. The maximum atomic E-state index is 10.3. The van der Waals surface area contributed by atoms with Crippen molar-refractivity contribution < 1.29 is 5.11 Å². The average molecular weight is 251 g/mol. The second-order valence-electron chi connectivity index (χ2n) is 4.35. The van der Waals surface area contributed by atoms with Crippen molar-refractivity contribution in [2.45, 2.75) is 6.92 Å².